The van der Waals surface area contributed by atoms with E-state index in [1.165, 1.54) is 12.1 Å². The zero-order valence-corrected chi connectivity index (χ0v) is 22.5. The van der Waals surface area contributed by atoms with E-state index in [1.807, 2.05) is 0 Å². The van der Waals surface area contributed by atoms with Crippen molar-refractivity contribution in [2.75, 3.05) is 13.2 Å². The molecule has 8 nitrogen and oxygen atoms in total. The molecule has 0 aliphatic carbocycles. The molecule has 0 amide bonds. The highest BCUT2D eigenvalue weighted by Gasteiger charge is 2.14. The smallest absolute Gasteiger partial charge is 0.374 e. The summed E-state index contributed by atoms with van der Waals surface area (Å²) in [6.45, 7) is 0.597. The van der Waals surface area contributed by atoms with E-state index < -0.39 is 11.9 Å². The quantitative estimate of drug-likeness (QED) is 0.118. The Morgan fingerprint density at radius 2 is 0.875 bits per heavy atom. The van der Waals surface area contributed by atoms with Gasteiger partial charge in [0.25, 0.3) is 0 Å². The lowest BCUT2D eigenvalue weighted by atomic mass is 10.1. The van der Waals surface area contributed by atoms with E-state index in [4.69, 9.17) is 18.3 Å². The van der Waals surface area contributed by atoms with E-state index in [0.29, 0.717) is 35.2 Å². The van der Waals surface area contributed by atoms with Crippen LogP contribution in [-0.4, -0.2) is 25.2 Å². The first-order valence-electron chi connectivity index (χ1n) is 13.9. The van der Waals surface area contributed by atoms with Crippen molar-refractivity contribution in [3.63, 3.8) is 0 Å². The number of para-hydroxylation sites is 2. The van der Waals surface area contributed by atoms with E-state index in [1.54, 1.807) is 48.5 Å². The highest BCUT2D eigenvalue weighted by molar-refractivity contribution is 5.89. The minimum absolute atomic E-state index is 0.0693. The number of unbranched alkanes of at least 4 members (excludes halogenated alkanes) is 9. The number of fused-ring (bicyclic) bond motifs is 2. The second-order valence-electron chi connectivity index (χ2n) is 9.75. The Kier molecular flexibility index (Phi) is 10.7. The molecule has 8 heteroatoms. The fraction of sp³-hybridized carbons (Fsp3) is 0.375. The molecule has 4 aromatic rings. The Balaban J connectivity index is 0.983. The average Bonchev–Trinajstić information content (AvgIpc) is 2.97. The van der Waals surface area contributed by atoms with E-state index in [0.717, 1.165) is 64.2 Å². The van der Waals surface area contributed by atoms with Crippen molar-refractivity contribution in [2.24, 2.45) is 0 Å². The summed E-state index contributed by atoms with van der Waals surface area (Å²) >= 11 is 0. The molecule has 2 aromatic heterocycles. The van der Waals surface area contributed by atoms with Crippen molar-refractivity contribution >= 4 is 33.9 Å². The van der Waals surface area contributed by atoms with Gasteiger partial charge >= 0.3 is 11.9 Å². The molecular weight excluding hydrogens is 512 g/mol. The largest absolute Gasteiger partial charge is 0.460 e. The molecule has 0 aliphatic rings. The lowest BCUT2D eigenvalue weighted by molar-refractivity contribution is 0.0453. The number of carbonyl (C=O) groups is 2. The van der Waals surface area contributed by atoms with Gasteiger partial charge in [0.15, 0.2) is 10.9 Å². The minimum atomic E-state index is -0.613. The van der Waals surface area contributed by atoms with Gasteiger partial charge in [-0.2, -0.15) is 0 Å². The van der Waals surface area contributed by atoms with Gasteiger partial charge in [-0.1, -0.05) is 75.6 Å². The molecule has 0 bridgehead atoms. The third-order valence-corrected chi connectivity index (χ3v) is 6.68. The van der Waals surface area contributed by atoms with E-state index >= 15 is 0 Å². The van der Waals surface area contributed by atoms with Crippen LogP contribution >= 0.6 is 0 Å². The van der Waals surface area contributed by atoms with Crippen LogP contribution in [0.1, 0.15) is 85.3 Å². The molecule has 40 heavy (non-hydrogen) atoms. The Labute approximate surface area is 231 Å². The zero-order chi connectivity index (χ0) is 28.2. The predicted molar refractivity (Wildman–Crippen MR) is 152 cm³/mol. The van der Waals surface area contributed by atoms with Gasteiger partial charge in [0.2, 0.25) is 11.5 Å². The van der Waals surface area contributed by atoms with E-state index in [2.05, 4.69) is 0 Å². The summed E-state index contributed by atoms with van der Waals surface area (Å²) in [6.07, 6.45) is 10.2. The Morgan fingerprint density at radius 3 is 1.27 bits per heavy atom. The summed E-state index contributed by atoms with van der Waals surface area (Å²) in [5.74, 6) is -1.36. The molecule has 0 spiro atoms. The van der Waals surface area contributed by atoms with Gasteiger partial charge in [0.05, 0.1) is 24.0 Å². The first kappa shape index (κ1) is 28.8. The average molecular weight is 547 g/mol. The number of ether oxygens (including phenoxy) is 2. The number of esters is 2. The van der Waals surface area contributed by atoms with Crippen LogP contribution in [0, 0.1) is 0 Å². The molecular formula is C32H34O8. The molecule has 2 heterocycles. The van der Waals surface area contributed by atoms with Gasteiger partial charge < -0.3 is 18.3 Å². The summed E-state index contributed by atoms with van der Waals surface area (Å²) in [5, 5.41) is 0.879. The molecule has 0 saturated carbocycles. The molecule has 210 valence electrons. The number of carbonyl (C=O) groups excluding carboxylic acids is 2. The first-order valence-corrected chi connectivity index (χ1v) is 13.9. The fourth-order valence-corrected chi connectivity index (χ4v) is 4.50. The van der Waals surface area contributed by atoms with Crippen LogP contribution in [0.2, 0.25) is 0 Å². The van der Waals surface area contributed by atoms with Crippen molar-refractivity contribution in [1.82, 2.24) is 0 Å². The Morgan fingerprint density at radius 1 is 0.525 bits per heavy atom. The summed E-state index contributed by atoms with van der Waals surface area (Å²) in [7, 11) is 0. The highest BCUT2D eigenvalue weighted by Crippen LogP contribution is 2.15. The summed E-state index contributed by atoms with van der Waals surface area (Å²) < 4.78 is 21.5. The second-order valence-corrected chi connectivity index (χ2v) is 9.75. The fourth-order valence-electron chi connectivity index (χ4n) is 4.50. The summed E-state index contributed by atoms with van der Waals surface area (Å²) in [6, 6.07) is 16.0. The zero-order valence-electron chi connectivity index (χ0n) is 22.5. The second kappa shape index (κ2) is 14.8. The minimum Gasteiger partial charge on any atom is -0.460 e. The Hall–Kier alpha value is -4.20. The Bertz CT molecular complexity index is 1430. The van der Waals surface area contributed by atoms with Crippen LogP contribution in [0.25, 0.3) is 21.9 Å². The van der Waals surface area contributed by atoms with Gasteiger partial charge in [-0.25, -0.2) is 9.59 Å². The monoisotopic (exact) mass is 546 g/mol. The topological polar surface area (TPSA) is 113 Å². The number of rotatable bonds is 15. The standard InChI is InChI=1S/C32H34O8/c33-25-21-29(39-27-17-11-9-15-23(25)27)31(35)37-19-13-7-5-3-1-2-4-6-8-14-20-38-32(36)30-22-26(34)24-16-10-12-18-28(24)40-30/h9-12,15-18,21-22H,1-8,13-14,19-20H2. The first-order chi connectivity index (χ1) is 19.5. The van der Waals surface area contributed by atoms with Crippen molar-refractivity contribution in [3.05, 3.63) is 92.6 Å². The van der Waals surface area contributed by atoms with Gasteiger partial charge in [-0.05, 0) is 37.1 Å². The third-order valence-electron chi connectivity index (χ3n) is 6.68. The molecule has 4 rings (SSSR count). The number of hydrogen-bond donors (Lipinski definition) is 0. The van der Waals surface area contributed by atoms with Crippen molar-refractivity contribution in [1.29, 1.82) is 0 Å². The molecule has 0 unspecified atom stereocenters. The third kappa shape index (κ3) is 8.15. The molecule has 0 fully saturated rings. The highest BCUT2D eigenvalue weighted by atomic mass is 16.5. The lowest BCUT2D eigenvalue weighted by Gasteiger charge is -2.06. The SMILES string of the molecule is O=C(OCCCCCCCCCCCCOC(=O)c1cc(=O)c2ccccc2o1)c1cc(=O)c2ccccc2o1. The van der Waals surface area contributed by atoms with E-state index in [-0.39, 0.29) is 22.4 Å². The van der Waals surface area contributed by atoms with Crippen molar-refractivity contribution < 1.29 is 27.9 Å². The number of benzene rings is 2. The molecule has 0 aliphatic heterocycles. The van der Waals surface area contributed by atoms with E-state index in [9.17, 15) is 19.2 Å². The van der Waals surface area contributed by atoms with Crippen molar-refractivity contribution in [3.8, 4) is 0 Å². The summed E-state index contributed by atoms with van der Waals surface area (Å²) in [4.78, 5) is 48.6. The molecule has 0 radical (unpaired) electrons. The molecule has 0 atom stereocenters. The maximum Gasteiger partial charge on any atom is 0.374 e. The molecule has 0 N–H and O–H groups in total. The van der Waals surface area contributed by atoms with Crippen LogP contribution < -0.4 is 10.9 Å². The maximum atomic E-state index is 12.2. The number of hydrogen-bond acceptors (Lipinski definition) is 8. The predicted octanol–water partition coefficient (Wildman–Crippen LogP) is 6.81. The van der Waals surface area contributed by atoms with Crippen LogP contribution in [-0.2, 0) is 9.47 Å². The van der Waals surface area contributed by atoms with Gasteiger partial charge in [-0.15, -0.1) is 0 Å². The van der Waals surface area contributed by atoms with Crippen LogP contribution in [0.5, 0.6) is 0 Å². The van der Waals surface area contributed by atoms with Crippen LogP contribution in [0.15, 0.2) is 79.1 Å². The molecule has 2 aromatic carbocycles. The maximum absolute atomic E-state index is 12.2. The van der Waals surface area contributed by atoms with Gasteiger partial charge in [0.1, 0.15) is 11.2 Å². The molecule has 0 saturated heterocycles. The van der Waals surface area contributed by atoms with Crippen molar-refractivity contribution in [2.45, 2.75) is 64.2 Å². The normalized spacial score (nSPS) is 11.1. The lowest BCUT2D eigenvalue weighted by Crippen LogP contribution is -2.10. The van der Waals surface area contributed by atoms with Crippen LogP contribution in [0.4, 0.5) is 0 Å². The van der Waals surface area contributed by atoms with Crippen LogP contribution in [0.3, 0.4) is 0 Å². The van der Waals surface area contributed by atoms with Gasteiger partial charge in [0, 0.05) is 12.1 Å². The van der Waals surface area contributed by atoms with Gasteiger partial charge in [-0.3, -0.25) is 9.59 Å². The summed E-state index contributed by atoms with van der Waals surface area (Å²) in [5.41, 5.74) is 0.230.